The Hall–Kier alpha value is -0.120. The van der Waals surface area contributed by atoms with Crippen molar-refractivity contribution >= 4 is 0 Å². The van der Waals surface area contributed by atoms with E-state index in [0.717, 1.165) is 6.04 Å². The predicted molar refractivity (Wildman–Crippen MR) is 82.7 cm³/mol. The third kappa shape index (κ3) is 5.41. The van der Waals surface area contributed by atoms with Crippen LogP contribution in [-0.2, 0) is 0 Å². The lowest BCUT2D eigenvalue weighted by Gasteiger charge is -2.25. The van der Waals surface area contributed by atoms with Gasteiger partial charge in [-0.3, -0.25) is 4.90 Å². The van der Waals surface area contributed by atoms with Gasteiger partial charge in [0, 0.05) is 25.7 Å². The van der Waals surface area contributed by atoms with Crippen molar-refractivity contribution in [3.05, 3.63) is 0 Å². The van der Waals surface area contributed by atoms with E-state index in [1.807, 2.05) is 0 Å². The third-order valence-corrected chi connectivity index (χ3v) is 4.70. The number of rotatable bonds is 8. The van der Waals surface area contributed by atoms with Gasteiger partial charge in [0.1, 0.15) is 0 Å². The first-order valence-corrected chi connectivity index (χ1v) is 8.57. The van der Waals surface area contributed by atoms with Gasteiger partial charge >= 0.3 is 0 Å². The molecule has 3 heteroatoms. The minimum atomic E-state index is 0.868. The fourth-order valence-corrected chi connectivity index (χ4v) is 3.53. The quantitative estimate of drug-likeness (QED) is 0.681. The van der Waals surface area contributed by atoms with Gasteiger partial charge in [0.2, 0.25) is 0 Å². The highest BCUT2D eigenvalue weighted by molar-refractivity contribution is 4.84. The maximum atomic E-state index is 3.62. The van der Waals surface area contributed by atoms with Gasteiger partial charge in [-0.05, 0) is 51.9 Å². The van der Waals surface area contributed by atoms with Gasteiger partial charge in [0.25, 0.3) is 0 Å². The molecule has 0 radical (unpaired) electrons. The summed E-state index contributed by atoms with van der Waals surface area (Å²) in [6, 6.07) is 0.868. The average molecular weight is 267 g/mol. The van der Waals surface area contributed by atoms with Crippen LogP contribution in [0.2, 0.25) is 0 Å². The van der Waals surface area contributed by atoms with Gasteiger partial charge < -0.3 is 10.2 Å². The lowest BCUT2D eigenvalue weighted by molar-refractivity contribution is 0.220. The molecule has 19 heavy (non-hydrogen) atoms. The van der Waals surface area contributed by atoms with Gasteiger partial charge in [-0.25, -0.2) is 0 Å². The highest BCUT2D eigenvalue weighted by atomic mass is 15.3. The highest BCUT2D eigenvalue weighted by Gasteiger charge is 2.28. The SMILES string of the molecule is CCCCCCNCCN1CCCN2CCCC2C1. The molecule has 0 amide bonds. The van der Waals surface area contributed by atoms with Crippen LogP contribution in [0.1, 0.15) is 51.9 Å². The molecule has 2 rings (SSSR count). The van der Waals surface area contributed by atoms with Gasteiger partial charge in [-0.2, -0.15) is 0 Å². The summed E-state index contributed by atoms with van der Waals surface area (Å²) < 4.78 is 0. The molecule has 0 spiro atoms. The molecule has 112 valence electrons. The van der Waals surface area contributed by atoms with E-state index in [9.17, 15) is 0 Å². The Morgan fingerprint density at radius 3 is 2.79 bits per heavy atom. The monoisotopic (exact) mass is 267 g/mol. The Morgan fingerprint density at radius 1 is 1.00 bits per heavy atom. The van der Waals surface area contributed by atoms with E-state index in [-0.39, 0.29) is 0 Å². The van der Waals surface area contributed by atoms with E-state index >= 15 is 0 Å². The number of nitrogens with one attached hydrogen (secondary N) is 1. The van der Waals surface area contributed by atoms with Crippen molar-refractivity contribution in [2.24, 2.45) is 0 Å². The van der Waals surface area contributed by atoms with Crippen LogP contribution in [0.3, 0.4) is 0 Å². The Morgan fingerprint density at radius 2 is 1.89 bits per heavy atom. The zero-order valence-electron chi connectivity index (χ0n) is 12.9. The topological polar surface area (TPSA) is 18.5 Å². The Bertz CT molecular complexity index is 232. The van der Waals surface area contributed by atoms with Crippen LogP contribution in [-0.4, -0.2) is 61.7 Å². The molecule has 1 unspecified atom stereocenters. The Labute approximate surface area is 119 Å². The summed E-state index contributed by atoms with van der Waals surface area (Å²) in [4.78, 5) is 5.41. The largest absolute Gasteiger partial charge is 0.315 e. The molecule has 0 aromatic carbocycles. The smallest absolute Gasteiger partial charge is 0.0223 e. The normalized spacial score (nSPS) is 25.4. The summed E-state index contributed by atoms with van der Waals surface area (Å²) >= 11 is 0. The van der Waals surface area contributed by atoms with Crippen molar-refractivity contribution in [2.45, 2.75) is 57.9 Å². The van der Waals surface area contributed by atoms with Crippen LogP contribution >= 0.6 is 0 Å². The van der Waals surface area contributed by atoms with Crippen LogP contribution in [0.5, 0.6) is 0 Å². The minimum absolute atomic E-state index is 0.868. The number of hydrogen-bond acceptors (Lipinski definition) is 3. The van der Waals surface area contributed by atoms with Gasteiger partial charge in [-0.15, -0.1) is 0 Å². The molecule has 2 aliphatic heterocycles. The van der Waals surface area contributed by atoms with E-state index in [1.54, 1.807) is 0 Å². The first kappa shape index (κ1) is 15.3. The fourth-order valence-electron chi connectivity index (χ4n) is 3.53. The molecule has 0 saturated carbocycles. The van der Waals surface area contributed by atoms with E-state index in [0.29, 0.717) is 0 Å². The minimum Gasteiger partial charge on any atom is -0.315 e. The lowest BCUT2D eigenvalue weighted by Crippen LogP contribution is -2.39. The summed E-state index contributed by atoms with van der Waals surface area (Å²) in [6.07, 6.45) is 9.70. The van der Waals surface area contributed by atoms with Crippen molar-refractivity contribution in [1.82, 2.24) is 15.1 Å². The molecule has 1 N–H and O–H groups in total. The van der Waals surface area contributed by atoms with Crippen LogP contribution in [0, 0.1) is 0 Å². The van der Waals surface area contributed by atoms with Gasteiger partial charge in [0.15, 0.2) is 0 Å². The van der Waals surface area contributed by atoms with E-state index in [1.165, 1.54) is 90.8 Å². The molecular formula is C16H33N3. The lowest BCUT2D eigenvalue weighted by atomic mass is 10.2. The first-order valence-electron chi connectivity index (χ1n) is 8.57. The Balaban J connectivity index is 1.53. The fraction of sp³-hybridized carbons (Fsp3) is 1.00. The molecule has 1 atom stereocenters. The standard InChI is InChI=1S/C16H33N3/c1-2-3-4-5-9-17-10-14-18-11-7-13-19-12-6-8-16(19)15-18/h16-17H,2-15H2,1H3. The first-order chi connectivity index (χ1) is 9.40. The molecule has 2 fully saturated rings. The average Bonchev–Trinajstić information content (AvgIpc) is 2.76. The van der Waals surface area contributed by atoms with E-state index in [4.69, 9.17) is 0 Å². The third-order valence-electron chi connectivity index (χ3n) is 4.70. The molecule has 3 nitrogen and oxygen atoms in total. The van der Waals surface area contributed by atoms with Gasteiger partial charge in [-0.1, -0.05) is 26.2 Å². The van der Waals surface area contributed by atoms with Crippen molar-refractivity contribution in [3.63, 3.8) is 0 Å². The van der Waals surface area contributed by atoms with Gasteiger partial charge in [0.05, 0.1) is 0 Å². The zero-order chi connectivity index (χ0) is 13.3. The second-order valence-corrected chi connectivity index (χ2v) is 6.30. The predicted octanol–water partition coefficient (Wildman–Crippen LogP) is 2.33. The number of unbranched alkanes of at least 4 members (excludes halogenated alkanes) is 3. The molecule has 0 aromatic heterocycles. The van der Waals surface area contributed by atoms with Crippen molar-refractivity contribution in [1.29, 1.82) is 0 Å². The molecule has 0 bridgehead atoms. The maximum Gasteiger partial charge on any atom is 0.0223 e. The van der Waals surface area contributed by atoms with E-state index in [2.05, 4.69) is 22.0 Å². The summed E-state index contributed by atoms with van der Waals surface area (Å²) in [6.45, 7) is 11.2. The maximum absolute atomic E-state index is 3.62. The summed E-state index contributed by atoms with van der Waals surface area (Å²) in [5.74, 6) is 0. The number of hydrogen-bond donors (Lipinski definition) is 1. The van der Waals surface area contributed by atoms with Crippen LogP contribution < -0.4 is 5.32 Å². The summed E-state index contributed by atoms with van der Waals surface area (Å²) in [5, 5.41) is 3.62. The number of nitrogens with zero attached hydrogens (tertiary/aromatic N) is 2. The van der Waals surface area contributed by atoms with Crippen molar-refractivity contribution < 1.29 is 0 Å². The highest BCUT2D eigenvalue weighted by Crippen LogP contribution is 2.20. The molecule has 0 aliphatic carbocycles. The van der Waals surface area contributed by atoms with Crippen LogP contribution in [0.25, 0.3) is 0 Å². The zero-order valence-corrected chi connectivity index (χ0v) is 12.9. The summed E-state index contributed by atoms with van der Waals surface area (Å²) in [5.41, 5.74) is 0. The second kappa shape index (κ2) is 8.93. The van der Waals surface area contributed by atoms with Crippen LogP contribution in [0.4, 0.5) is 0 Å². The molecule has 0 aromatic rings. The van der Waals surface area contributed by atoms with E-state index < -0.39 is 0 Å². The molecule has 2 aliphatic rings. The second-order valence-electron chi connectivity index (χ2n) is 6.30. The van der Waals surface area contributed by atoms with Crippen molar-refractivity contribution in [2.75, 3.05) is 45.8 Å². The summed E-state index contributed by atoms with van der Waals surface area (Å²) in [7, 11) is 0. The van der Waals surface area contributed by atoms with Crippen molar-refractivity contribution in [3.8, 4) is 0 Å². The molecule has 2 heterocycles. The van der Waals surface area contributed by atoms with Crippen LogP contribution in [0.15, 0.2) is 0 Å². The Kier molecular flexibility index (Phi) is 7.18. The molecular weight excluding hydrogens is 234 g/mol. The number of fused-ring (bicyclic) bond motifs is 1. The molecule has 2 saturated heterocycles.